The summed E-state index contributed by atoms with van der Waals surface area (Å²) in [6.45, 7) is 4.36. The Morgan fingerprint density at radius 2 is 2.12 bits per heavy atom. The van der Waals surface area contributed by atoms with Gasteiger partial charge in [0.1, 0.15) is 0 Å². The predicted molar refractivity (Wildman–Crippen MR) is 36.0 cm³/mol. The summed E-state index contributed by atoms with van der Waals surface area (Å²) in [7, 11) is 0. The third-order valence-corrected chi connectivity index (χ3v) is 0.949. The van der Waals surface area contributed by atoms with E-state index in [4.69, 9.17) is 5.73 Å². The molecule has 0 aliphatic carbocycles. The van der Waals surface area contributed by atoms with Crippen LogP contribution in [0.5, 0.6) is 0 Å². The normalized spacial score (nSPS) is 8.38. The van der Waals surface area contributed by atoms with Gasteiger partial charge < -0.3 is 5.73 Å². The molecule has 0 amide bonds. The zero-order chi connectivity index (χ0) is 6.41. The largest absolute Gasteiger partial charge is 0.359 e. The van der Waals surface area contributed by atoms with Crippen LogP contribution in [0.3, 0.4) is 0 Å². The van der Waals surface area contributed by atoms with Crippen LogP contribution in [0.2, 0.25) is 0 Å². The molecule has 0 saturated heterocycles. The molecule has 1 heteroatoms. The second kappa shape index (κ2) is 4.52. The minimum absolute atomic E-state index is 0.746. The zero-order valence-corrected chi connectivity index (χ0v) is 5.57. The van der Waals surface area contributed by atoms with Gasteiger partial charge in [0.25, 0.3) is 0 Å². The van der Waals surface area contributed by atoms with Crippen molar-refractivity contribution in [1.29, 1.82) is 0 Å². The third kappa shape index (κ3) is 5.36. The fraction of sp³-hybridized carbons (Fsp3) is 0.714. The van der Waals surface area contributed by atoms with Crippen LogP contribution >= 0.6 is 0 Å². The van der Waals surface area contributed by atoms with Crippen molar-refractivity contribution in [1.82, 2.24) is 0 Å². The second-order valence-corrected chi connectivity index (χ2v) is 2.25. The molecule has 0 unspecified atom stereocenters. The first-order valence-corrected chi connectivity index (χ1v) is 2.96. The van der Waals surface area contributed by atoms with Gasteiger partial charge in [0, 0.05) is 12.5 Å². The van der Waals surface area contributed by atoms with Crippen LogP contribution in [-0.2, 0) is 0 Å². The van der Waals surface area contributed by atoms with E-state index in [2.05, 4.69) is 25.8 Å². The van der Waals surface area contributed by atoms with E-state index in [1.54, 1.807) is 0 Å². The summed E-state index contributed by atoms with van der Waals surface area (Å²) < 4.78 is 0. The second-order valence-electron chi connectivity index (χ2n) is 2.25. The predicted octanol–water partition coefficient (Wildman–Crippen LogP) is 1.34. The first kappa shape index (κ1) is 7.36. The molecule has 0 aromatic heterocycles. The highest BCUT2D eigenvalue weighted by molar-refractivity contribution is 4.93. The van der Waals surface area contributed by atoms with Gasteiger partial charge in [-0.05, 0) is 12.3 Å². The van der Waals surface area contributed by atoms with Gasteiger partial charge in [-0.25, -0.2) is 0 Å². The lowest BCUT2D eigenvalue weighted by atomic mass is 10.1. The van der Waals surface area contributed by atoms with Crippen molar-refractivity contribution in [3.05, 3.63) is 0 Å². The van der Waals surface area contributed by atoms with Crippen LogP contribution in [-0.4, -0.2) is 0 Å². The first-order chi connectivity index (χ1) is 3.77. The summed E-state index contributed by atoms with van der Waals surface area (Å²) in [5.74, 6) is 3.55. The van der Waals surface area contributed by atoms with Crippen molar-refractivity contribution in [3.63, 3.8) is 0 Å². The number of rotatable bonds is 2. The molecule has 0 radical (unpaired) electrons. The van der Waals surface area contributed by atoms with E-state index in [0.29, 0.717) is 0 Å². The van der Waals surface area contributed by atoms with Gasteiger partial charge in [-0.3, -0.25) is 0 Å². The van der Waals surface area contributed by atoms with Gasteiger partial charge in [-0.1, -0.05) is 19.8 Å². The molecule has 0 fully saturated rings. The lowest BCUT2D eigenvalue weighted by molar-refractivity contribution is 0.600. The molecule has 0 spiro atoms. The first-order valence-electron chi connectivity index (χ1n) is 2.96. The Labute approximate surface area is 51.3 Å². The van der Waals surface area contributed by atoms with Crippen LogP contribution in [0.4, 0.5) is 0 Å². The van der Waals surface area contributed by atoms with E-state index in [0.717, 1.165) is 18.8 Å². The molecule has 0 rings (SSSR count). The van der Waals surface area contributed by atoms with Crippen LogP contribution < -0.4 is 5.73 Å². The van der Waals surface area contributed by atoms with Crippen LogP contribution in [0, 0.1) is 17.9 Å². The Bertz CT molecular complexity index is 94.7. The van der Waals surface area contributed by atoms with E-state index in [9.17, 15) is 0 Å². The molecule has 0 bridgehead atoms. The highest BCUT2D eigenvalue weighted by Crippen LogP contribution is 2.00. The number of nitrogens with two attached hydrogens (primary N) is 1. The lowest BCUT2D eigenvalue weighted by Crippen LogP contribution is -1.85. The molecule has 0 aliphatic heterocycles. The molecule has 0 aromatic rings. The summed E-state index contributed by atoms with van der Waals surface area (Å²) >= 11 is 0. The maximum Gasteiger partial charge on any atom is 0.0109 e. The Morgan fingerprint density at radius 3 is 2.50 bits per heavy atom. The van der Waals surface area contributed by atoms with Gasteiger partial charge in [-0.15, -0.1) is 0 Å². The van der Waals surface area contributed by atoms with Crippen LogP contribution in [0.1, 0.15) is 26.7 Å². The van der Waals surface area contributed by atoms with Gasteiger partial charge in [0.05, 0.1) is 0 Å². The molecule has 1 nitrogen and oxygen atoms in total. The summed E-state index contributed by atoms with van der Waals surface area (Å²) in [4.78, 5) is 0. The standard InChI is InChI=1S/C7H13N/c1-7(2)5-3-4-6-8/h7H,3,5,8H2,1-2H3. The molecular weight excluding hydrogens is 98.1 g/mol. The Kier molecular flexibility index (Phi) is 4.16. The monoisotopic (exact) mass is 111 g/mol. The van der Waals surface area contributed by atoms with Crippen molar-refractivity contribution in [2.45, 2.75) is 26.7 Å². The quantitative estimate of drug-likeness (QED) is 0.422. The van der Waals surface area contributed by atoms with Gasteiger partial charge in [0.15, 0.2) is 0 Å². The van der Waals surface area contributed by atoms with E-state index in [-0.39, 0.29) is 0 Å². The Morgan fingerprint density at radius 1 is 1.50 bits per heavy atom. The highest BCUT2D eigenvalue weighted by atomic mass is 14.4. The molecule has 0 saturated carbocycles. The van der Waals surface area contributed by atoms with Crippen LogP contribution in [0.15, 0.2) is 0 Å². The molecule has 0 heterocycles. The lowest BCUT2D eigenvalue weighted by Gasteiger charge is -1.95. The summed E-state index contributed by atoms with van der Waals surface area (Å²) in [6.07, 6.45) is 2.10. The topological polar surface area (TPSA) is 26.0 Å². The van der Waals surface area contributed by atoms with E-state index >= 15 is 0 Å². The molecular formula is C7H13N. The number of hydrogen-bond acceptors (Lipinski definition) is 1. The van der Waals surface area contributed by atoms with Crippen molar-refractivity contribution in [3.8, 4) is 12.0 Å². The van der Waals surface area contributed by atoms with Crippen molar-refractivity contribution in [2.24, 2.45) is 11.7 Å². The highest BCUT2D eigenvalue weighted by Gasteiger charge is 1.88. The average Bonchev–Trinajstić information content (AvgIpc) is 1.66. The number of hydrogen-bond donors (Lipinski definition) is 1. The van der Waals surface area contributed by atoms with Gasteiger partial charge in [0.2, 0.25) is 0 Å². The van der Waals surface area contributed by atoms with Gasteiger partial charge in [-0.2, -0.15) is 0 Å². The molecule has 2 N–H and O–H groups in total. The Hall–Kier alpha value is -0.640. The van der Waals surface area contributed by atoms with Crippen LogP contribution in [0.25, 0.3) is 0 Å². The Balaban J connectivity index is 3.01. The SMILES string of the molecule is CC(C)CCC#CN. The molecule has 8 heavy (non-hydrogen) atoms. The van der Waals surface area contributed by atoms with E-state index in [1.807, 2.05) is 0 Å². The van der Waals surface area contributed by atoms with E-state index < -0.39 is 0 Å². The maximum absolute atomic E-state index is 4.95. The molecule has 0 aliphatic rings. The molecule has 46 valence electrons. The van der Waals surface area contributed by atoms with Crippen molar-refractivity contribution < 1.29 is 0 Å². The summed E-state index contributed by atoms with van der Waals surface area (Å²) in [5, 5.41) is 0. The maximum atomic E-state index is 4.95. The van der Waals surface area contributed by atoms with Gasteiger partial charge >= 0.3 is 0 Å². The third-order valence-electron chi connectivity index (χ3n) is 0.949. The molecule has 0 aromatic carbocycles. The van der Waals surface area contributed by atoms with Crippen molar-refractivity contribution in [2.75, 3.05) is 0 Å². The average molecular weight is 111 g/mol. The van der Waals surface area contributed by atoms with E-state index in [1.165, 1.54) is 0 Å². The fourth-order valence-electron chi connectivity index (χ4n) is 0.433. The smallest absolute Gasteiger partial charge is 0.0109 e. The zero-order valence-electron chi connectivity index (χ0n) is 5.57. The van der Waals surface area contributed by atoms with Crippen molar-refractivity contribution >= 4 is 0 Å². The summed E-state index contributed by atoms with van der Waals surface area (Å²) in [6, 6.07) is 2.37. The molecule has 0 atom stereocenters. The minimum Gasteiger partial charge on any atom is -0.359 e. The fourth-order valence-corrected chi connectivity index (χ4v) is 0.433. The summed E-state index contributed by atoms with van der Waals surface area (Å²) in [5.41, 5.74) is 4.95. The minimum atomic E-state index is 0.746.